The van der Waals surface area contributed by atoms with Crippen molar-refractivity contribution in [2.24, 2.45) is 11.7 Å². The fourth-order valence-electron chi connectivity index (χ4n) is 3.35. The van der Waals surface area contributed by atoms with Gasteiger partial charge in [0.2, 0.25) is 11.8 Å². The summed E-state index contributed by atoms with van der Waals surface area (Å²) < 4.78 is 1.99. The lowest BCUT2D eigenvalue weighted by molar-refractivity contribution is -0.131. The third-order valence-corrected chi connectivity index (χ3v) is 4.85. The molecule has 1 aliphatic rings. The van der Waals surface area contributed by atoms with E-state index < -0.39 is 0 Å². The summed E-state index contributed by atoms with van der Waals surface area (Å²) in [5, 5.41) is 2.99. The molecule has 0 aromatic carbocycles. The van der Waals surface area contributed by atoms with Gasteiger partial charge in [0.15, 0.2) is 0 Å². The molecule has 25 heavy (non-hydrogen) atoms. The quantitative estimate of drug-likeness (QED) is 0.864. The number of likely N-dealkylation sites (tertiary alicyclic amines) is 1. The van der Waals surface area contributed by atoms with Crippen molar-refractivity contribution in [3.63, 3.8) is 0 Å². The van der Waals surface area contributed by atoms with Crippen molar-refractivity contribution in [2.45, 2.75) is 39.3 Å². The zero-order valence-corrected chi connectivity index (χ0v) is 14.7. The zero-order chi connectivity index (χ0) is 18.0. The van der Waals surface area contributed by atoms with Crippen LogP contribution in [0, 0.1) is 12.8 Å². The Hall–Kier alpha value is -2.41. The van der Waals surface area contributed by atoms with Crippen molar-refractivity contribution in [2.75, 3.05) is 13.1 Å². The number of aromatic nitrogens is 2. The monoisotopic (exact) mass is 343 g/mol. The highest BCUT2D eigenvalue weighted by Gasteiger charge is 2.28. The van der Waals surface area contributed by atoms with E-state index in [0.29, 0.717) is 26.1 Å². The topological polar surface area (TPSA) is 92.7 Å². The minimum absolute atomic E-state index is 0.0348. The van der Waals surface area contributed by atoms with Crippen molar-refractivity contribution in [1.29, 1.82) is 0 Å². The Morgan fingerprint density at radius 3 is 2.92 bits per heavy atom. The van der Waals surface area contributed by atoms with Crippen LogP contribution in [0.2, 0.25) is 0 Å². The van der Waals surface area contributed by atoms with Crippen molar-refractivity contribution < 1.29 is 9.59 Å². The molecule has 1 aliphatic heterocycles. The lowest BCUT2D eigenvalue weighted by Gasteiger charge is -2.23. The van der Waals surface area contributed by atoms with Gasteiger partial charge in [-0.25, -0.2) is 4.98 Å². The molecule has 0 bridgehead atoms. The van der Waals surface area contributed by atoms with Crippen LogP contribution in [0.25, 0.3) is 5.65 Å². The maximum Gasteiger partial charge on any atom is 0.225 e. The summed E-state index contributed by atoms with van der Waals surface area (Å²) in [6, 6.07) is 3.91. The van der Waals surface area contributed by atoms with Gasteiger partial charge >= 0.3 is 0 Å². The second-order valence-corrected chi connectivity index (χ2v) is 6.81. The van der Waals surface area contributed by atoms with Gasteiger partial charge in [-0.1, -0.05) is 6.07 Å². The number of aryl methyl sites for hydroxylation is 1. The van der Waals surface area contributed by atoms with E-state index in [-0.39, 0.29) is 23.8 Å². The number of nitrogens with one attached hydrogen (secondary N) is 1. The fraction of sp³-hybridized carbons (Fsp3) is 0.500. The van der Waals surface area contributed by atoms with Crippen LogP contribution in [-0.2, 0) is 16.1 Å². The minimum atomic E-state index is -0.224. The van der Waals surface area contributed by atoms with Crippen molar-refractivity contribution >= 4 is 17.5 Å². The molecule has 0 unspecified atom stereocenters. The third-order valence-electron chi connectivity index (χ3n) is 4.85. The molecule has 3 rings (SSSR count). The highest BCUT2D eigenvalue weighted by Crippen LogP contribution is 2.17. The lowest BCUT2D eigenvalue weighted by Crippen LogP contribution is -2.42. The molecule has 0 spiro atoms. The summed E-state index contributed by atoms with van der Waals surface area (Å²) in [6.45, 7) is 4.89. The van der Waals surface area contributed by atoms with Gasteiger partial charge in [-0.15, -0.1) is 0 Å². The average Bonchev–Trinajstić information content (AvgIpc) is 2.88. The van der Waals surface area contributed by atoms with E-state index >= 15 is 0 Å². The van der Waals surface area contributed by atoms with Crippen LogP contribution in [0.5, 0.6) is 0 Å². The van der Waals surface area contributed by atoms with Crippen LogP contribution in [-0.4, -0.2) is 45.2 Å². The smallest absolute Gasteiger partial charge is 0.225 e. The highest BCUT2D eigenvalue weighted by atomic mass is 16.2. The van der Waals surface area contributed by atoms with Gasteiger partial charge < -0.3 is 20.4 Å². The van der Waals surface area contributed by atoms with Crippen LogP contribution < -0.4 is 11.1 Å². The first-order valence-electron chi connectivity index (χ1n) is 8.66. The first-order valence-corrected chi connectivity index (χ1v) is 8.66. The number of amides is 2. The van der Waals surface area contributed by atoms with Crippen molar-refractivity contribution in [3.8, 4) is 0 Å². The summed E-state index contributed by atoms with van der Waals surface area (Å²) >= 11 is 0. The number of hydrogen-bond acceptors (Lipinski definition) is 4. The minimum Gasteiger partial charge on any atom is -0.350 e. The molecule has 7 heteroatoms. The normalized spacial score (nSPS) is 21.2. The highest BCUT2D eigenvalue weighted by molar-refractivity contribution is 5.80. The SMILES string of the molecule is CC(=O)N1C[C@@H](N)CC[C@@H](C(=O)NCc2cnc3c(C)cccn23)C1. The van der Waals surface area contributed by atoms with E-state index in [1.54, 1.807) is 11.1 Å². The molecule has 0 aliphatic carbocycles. The standard InChI is InChI=1S/C18H25N5O2/c1-12-4-3-7-23-16(8-20-17(12)23)9-21-18(25)14-5-6-15(19)11-22(10-14)13(2)24/h3-4,7-8,14-15H,5-6,9-11,19H2,1-2H3,(H,21,25)/t14-,15+/m1/s1. The summed E-state index contributed by atoms with van der Waals surface area (Å²) in [5.74, 6) is -0.297. The number of fused-ring (bicyclic) bond motifs is 1. The lowest BCUT2D eigenvalue weighted by atomic mass is 10.0. The number of nitrogens with two attached hydrogens (primary N) is 1. The van der Waals surface area contributed by atoms with E-state index in [0.717, 1.165) is 23.3 Å². The van der Waals surface area contributed by atoms with E-state index in [9.17, 15) is 9.59 Å². The second kappa shape index (κ2) is 7.23. The second-order valence-electron chi connectivity index (χ2n) is 6.81. The number of nitrogens with zero attached hydrogens (tertiary/aromatic N) is 3. The number of imidazole rings is 1. The molecule has 2 amide bonds. The molecule has 134 valence electrons. The van der Waals surface area contributed by atoms with Crippen LogP contribution in [0.3, 0.4) is 0 Å². The molecule has 3 heterocycles. The van der Waals surface area contributed by atoms with Gasteiger partial charge in [-0.2, -0.15) is 0 Å². The maximum absolute atomic E-state index is 12.6. The van der Waals surface area contributed by atoms with Gasteiger partial charge in [0, 0.05) is 32.3 Å². The van der Waals surface area contributed by atoms with Gasteiger partial charge in [0.25, 0.3) is 0 Å². The Labute approximate surface area is 147 Å². The van der Waals surface area contributed by atoms with Gasteiger partial charge in [-0.05, 0) is 31.4 Å². The largest absolute Gasteiger partial charge is 0.350 e. The molecule has 2 aromatic rings. The molecular weight excluding hydrogens is 318 g/mol. The van der Waals surface area contributed by atoms with Gasteiger partial charge in [-0.3, -0.25) is 9.59 Å². The van der Waals surface area contributed by atoms with Crippen molar-refractivity contribution in [3.05, 3.63) is 35.8 Å². The Bertz CT molecular complexity index is 785. The molecule has 3 N–H and O–H groups in total. The Morgan fingerprint density at radius 2 is 2.16 bits per heavy atom. The Balaban J connectivity index is 1.67. The summed E-state index contributed by atoms with van der Waals surface area (Å²) in [5.41, 5.74) is 8.94. The number of pyridine rings is 1. The molecule has 0 radical (unpaired) electrons. The van der Waals surface area contributed by atoms with Gasteiger partial charge in [0.1, 0.15) is 5.65 Å². The van der Waals surface area contributed by atoms with Crippen LogP contribution in [0.15, 0.2) is 24.5 Å². The Kier molecular flexibility index (Phi) is 5.03. The van der Waals surface area contributed by atoms with Crippen molar-refractivity contribution in [1.82, 2.24) is 19.6 Å². The number of carbonyl (C=O) groups excluding carboxylic acids is 2. The molecule has 2 atom stereocenters. The number of rotatable bonds is 3. The van der Waals surface area contributed by atoms with Crippen LogP contribution in [0.4, 0.5) is 0 Å². The van der Waals surface area contributed by atoms with Gasteiger partial charge in [0.05, 0.1) is 24.4 Å². The molecular formula is C18H25N5O2. The van der Waals surface area contributed by atoms with E-state index in [2.05, 4.69) is 10.3 Å². The maximum atomic E-state index is 12.6. The fourth-order valence-corrected chi connectivity index (χ4v) is 3.35. The predicted molar refractivity (Wildman–Crippen MR) is 94.7 cm³/mol. The molecule has 7 nitrogen and oxygen atoms in total. The number of carbonyl (C=O) groups is 2. The Morgan fingerprint density at radius 1 is 1.36 bits per heavy atom. The zero-order valence-electron chi connectivity index (χ0n) is 14.7. The first-order chi connectivity index (χ1) is 12.0. The summed E-state index contributed by atoms with van der Waals surface area (Å²) in [6.07, 6.45) is 5.17. The van der Waals surface area contributed by atoms with Crippen LogP contribution in [0.1, 0.15) is 31.0 Å². The third kappa shape index (κ3) is 3.82. The van der Waals surface area contributed by atoms with E-state index in [4.69, 9.17) is 5.73 Å². The predicted octanol–water partition coefficient (Wildman–Crippen LogP) is 0.845. The number of hydrogen-bond donors (Lipinski definition) is 2. The molecule has 0 saturated carbocycles. The van der Waals surface area contributed by atoms with E-state index in [1.807, 2.05) is 29.7 Å². The average molecular weight is 343 g/mol. The molecule has 1 saturated heterocycles. The molecule has 2 aromatic heterocycles. The van der Waals surface area contributed by atoms with Crippen LogP contribution >= 0.6 is 0 Å². The first kappa shape index (κ1) is 17.4. The van der Waals surface area contributed by atoms with E-state index in [1.165, 1.54) is 6.92 Å². The molecule has 1 fully saturated rings. The summed E-state index contributed by atoms with van der Waals surface area (Å²) in [7, 11) is 0. The summed E-state index contributed by atoms with van der Waals surface area (Å²) in [4.78, 5) is 30.4.